The lowest BCUT2D eigenvalue weighted by Crippen LogP contribution is -2.48. The van der Waals surface area contributed by atoms with Crippen LogP contribution in [0.5, 0.6) is 0 Å². The van der Waals surface area contributed by atoms with Crippen molar-refractivity contribution in [2.45, 2.75) is 201 Å². The van der Waals surface area contributed by atoms with Gasteiger partial charge >= 0.3 is 12.1 Å². The summed E-state index contributed by atoms with van der Waals surface area (Å²) in [4.78, 5) is 39.1. The van der Waals surface area contributed by atoms with Crippen LogP contribution in [-0.2, 0) is 19.1 Å². The van der Waals surface area contributed by atoms with Crippen LogP contribution >= 0.6 is 0 Å². The fraction of sp³-hybridized carbons (Fsp3) is 0.865. The largest absolute Gasteiger partial charge is 0.452 e. The molecule has 0 aromatic rings. The van der Waals surface area contributed by atoms with E-state index in [9.17, 15) is 14.4 Å². The number of allylic oxidation sites excluding steroid dienone is 1. The molecule has 2 unspecified atom stereocenters. The number of carbonyl (C=O) groups excluding carboxylic acids is 3. The molecule has 2 aliphatic rings. The Morgan fingerprint density at radius 1 is 0.860 bits per heavy atom. The second kappa shape index (κ2) is 19.5. The van der Waals surface area contributed by atoms with E-state index in [0.717, 1.165) is 50.5 Å². The topological polar surface area (TPSA) is 81.7 Å². The summed E-state index contributed by atoms with van der Waals surface area (Å²) in [5.41, 5.74) is 1.25. The zero-order chi connectivity index (χ0) is 31.7. The predicted octanol–water partition coefficient (Wildman–Crippen LogP) is 10.3. The smallest absolute Gasteiger partial charge is 0.408 e. The summed E-state index contributed by atoms with van der Waals surface area (Å²) < 4.78 is 11.3. The standard InChI is InChI=1S/C37H65NO5/c1-7-8-9-10-11-12-13-14-15-16-17-18-19-20-21-22-26-31(38-35(41)43-36(3,4)5)34(40)42-32-28-37(6)27-24-23-25-30(37)29(2)33(32)39/h31-32H,7-28H2,1-6H3,(H,38,41)/t31?,32?,37-/m0/s1. The van der Waals surface area contributed by atoms with Crippen LogP contribution in [0.25, 0.3) is 0 Å². The highest BCUT2D eigenvalue weighted by Gasteiger charge is 2.44. The number of nitrogens with one attached hydrogen (secondary N) is 1. The molecule has 3 atom stereocenters. The summed E-state index contributed by atoms with van der Waals surface area (Å²) in [6, 6.07) is -0.820. The first kappa shape index (κ1) is 37.3. The lowest BCUT2D eigenvalue weighted by Gasteiger charge is -2.43. The molecule has 0 aliphatic heterocycles. The third kappa shape index (κ3) is 14.2. The Morgan fingerprint density at radius 2 is 1.37 bits per heavy atom. The molecule has 6 nitrogen and oxygen atoms in total. The molecule has 0 radical (unpaired) electrons. The van der Waals surface area contributed by atoms with Gasteiger partial charge in [-0.1, -0.05) is 129 Å². The van der Waals surface area contributed by atoms with Crippen LogP contribution in [0.2, 0.25) is 0 Å². The molecule has 0 saturated heterocycles. The van der Waals surface area contributed by atoms with Gasteiger partial charge in [0, 0.05) is 6.42 Å². The molecule has 2 rings (SSSR count). The molecule has 1 N–H and O–H groups in total. The second-order valence-corrected chi connectivity index (χ2v) is 14.7. The Morgan fingerprint density at radius 3 is 1.88 bits per heavy atom. The van der Waals surface area contributed by atoms with Gasteiger partial charge in [0.25, 0.3) is 0 Å². The molecule has 1 saturated carbocycles. The number of ketones is 1. The van der Waals surface area contributed by atoms with Gasteiger partial charge < -0.3 is 14.8 Å². The Bertz CT molecular complexity index is 888. The summed E-state index contributed by atoms with van der Waals surface area (Å²) in [6.45, 7) is 11.8. The molecule has 0 heterocycles. The summed E-state index contributed by atoms with van der Waals surface area (Å²) >= 11 is 0. The molecule has 1 fully saturated rings. The number of alkyl carbamates (subject to hydrolysis) is 1. The van der Waals surface area contributed by atoms with E-state index in [2.05, 4.69) is 19.2 Å². The minimum Gasteiger partial charge on any atom is -0.452 e. The molecule has 0 bridgehead atoms. The number of esters is 1. The van der Waals surface area contributed by atoms with Crippen LogP contribution < -0.4 is 5.32 Å². The van der Waals surface area contributed by atoms with Crippen LogP contribution in [0.4, 0.5) is 4.79 Å². The minimum absolute atomic E-state index is 0.0823. The number of fused-ring (bicyclic) bond motifs is 1. The zero-order valence-corrected chi connectivity index (χ0v) is 28.8. The monoisotopic (exact) mass is 603 g/mol. The molecular formula is C37H65NO5. The SMILES string of the molecule is CCCCCCCCCCCCCCCCCCC(NC(=O)OC(C)(C)C)C(=O)OC1C[C@]2(C)CCCCC2=C(C)C1=O. The van der Waals surface area contributed by atoms with Crippen LogP contribution in [-0.4, -0.2) is 35.6 Å². The minimum atomic E-state index is -0.820. The van der Waals surface area contributed by atoms with Gasteiger partial charge in [-0.15, -0.1) is 0 Å². The van der Waals surface area contributed by atoms with Crippen molar-refractivity contribution in [1.29, 1.82) is 0 Å². The Labute approximate surface area is 263 Å². The van der Waals surface area contributed by atoms with Crippen LogP contribution in [0.1, 0.15) is 183 Å². The Kier molecular flexibility index (Phi) is 16.9. The van der Waals surface area contributed by atoms with Crippen molar-refractivity contribution >= 4 is 17.8 Å². The van der Waals surface area contributed by atoms with E-state index < -0.39 is 29.8 Å². The van der Waals surface area contributed by atoms with E-state index >= 15 is 0 Å². The summed E-state index contributed by atoms with van der Waals surface area (Å²) in [5.74, 6) is -0.609. The number of amides is 1. The van der Waals surface area contributed by atoms with E-state index in [-0.39, 0.29) is 11.2 Å². The van der Waals surface area contributed by atoms with Crippen molar-refractivity contribution in [2.24, 2.45) is 5.41 Å². The maximum absolute atomic E-state index is 13.4. The van der Waals surface area contributed by atoms with Crippen LogP contribution in [0.15, 0.2) is 11.1 Å². The summed E-state index contributed by atoms with van der Waals surface area (Å²) in [7, 11) is 0. The number of carbonyl (C=O) groups is 3. The van der Waals surface area contributed by atoms with Gasteiger partial charge in [0.15, 0.2) is 11.9 Å². The number of hydrogen-bond donors (Lipinski definition) is 1. The van der Waals surface area contributed by atoms with Gasteiger partial charge in [-0.3, -0.25) is 4.79 Å². The lowest BCUT2D eigenvalue weighted by atomic mass is 9.63. The van der Waals surface area contributed by atoms with Gasteiger partial charge in [-0.2, -0.15) is 0 Å². The maximum Gasteiger partial charge on any atom is 0.408 e. The van der Waals surface area contributed by atoms with E-state index in [4.69, 9.17) is 9.47 Å². The van der Waals surface area contributed by atoms with E-state index in [1.165, 1.54) is 89.0 Å². The predicted molar refractivity (Wildman–Crippen MR) is 176 cm³/mol. The number of hydrogen-bond acceptors (Lipinski definition) is 5. The highest BCUT2D eigenvalue weighted by molar-refractivity contribution is 6.01. The lowest BCUT2D eigenvalue weighted by molar-refractivity contribution is -0.158. The first-order valence-electron chi connectivity index (χ1n) is 17.9. The Hall–Kier alpha value is -1.85. The molecule has 1 amide bonds. The fourth-order valence-electron chi connectivity index (χ4n) is 6.94. The number of rotatable bonds is 20. The van der Waals surface area contributed by atoms with Gasteiger partial charge in [0.1, 0.15) is 11.6 Å². The van der Waals surface area contributed by atoms with Crippen molar-refractivity contribution < 1.29 is 23.9 Å². The molecule has 0 spiro atoms. The van der Waals surface area contributed by atoms with Gasteiger partial charge in [0.05, 0.1) is 0 Å². The average Bonchev–Trinajstić information content (AvgIpc) is 2.93. The molecule has 0 aromatic heterocycles. The highest BCUT2D eigenvalue weighted by atomic mass is 16.6. The van der Waals surface area contributed by atoms with E-state index in [1.807, 2.05) is 6.92 Å². The molecule has 0 aromatic carbocycles. The first-order valence-corrected chi connectivity index (χ1v) is 17.9. The molecule has 6 heteroatoms. The first-order chi connectivity index (χ1) is 20.5. The quantitative estimate of drug-likeness (QED) is 0.111. The highest BCUT2D eigenvalue weighted by Crippen LogP contribution is 2.49. The van der Waals surface area contributed by atoms with Crippen molar-refractivity contribution in [1.82, 2.24) is 5.32 Å². The number of ether oxygens (including phenoxy) is 2. The zero-order valence-electron chi connectivity index (χ0n) is 28.8. The van der Waals surface area contributed by atoms with Crippen LogP contribution in [0, 0.1) is 5.41 Å². The third-order valence-electron chi connectivity index (χ3n) is 9.46. The van der Waals surface area contributed by atoms with Gasteiger partial charge in [-0.25, -0.2) is 9.59 Å². The maximum atomic E-state index is 13.4. The molecule has 2 aliphatic carbocycles. The molecule has 248 valence electrons. The number of Topliss-reactive ketones (excluding diaryl/α,β-unsaturated/α-hetero) is 1. The van der Waals surface area contributed by atoms with Gasteiger partial charge in [0.2, 0.25) is 0 Å². The summed E-state index contributed by atoms with van der Waals surface area (Å²) in [6.07, 6.45) is 24.3. The Balaban J connectivity index is 1.73. The summed E-state index contributed by atoms with van der Waals surface area (Å²) in [5, 5.41) is 2.75. The molecule has 43 heavy (non-hydrogen) atoms. The van der Waals surface area contributed by atoms with Crippen molar-refractivity contribution in [3.05, 3.63) is 11.1 Å². The second-order valence-electron chi connectivity index (χ2n) is 14.7. The number of unbranched alkanes of at least 4 members (excludes halogenated alkanes) is 15. The van der Waals surface area contributed by atoms with Crippen molar-refractivity contribution in [3.8, 4) is 0 Å². The van der Waals surface area contributed by atoms with Gasteiger partial charge in [-0.05, 0) is 64.4 Å². The van der Waals surface area contributed by atoms with E-state index in [0.29, 0.717) is 12.8 Å². The molecular weight excluding hydrogens is 538 g/mol. The van der Waals surface area contributed by atoms with Crippen molar-refractivity contribution in [2.75, 3.05) is 0 Å². The van der Waals surface area contributed by atoms with Crippen molar-refractivity contribution in [3.63, 3.8) is 0 Å². The van der Waals surface area contributed by atoms with Crippen LogP contribution in [0.3, 0.4) is 0 Å². The average molecular weight is 604 g/mol. The van der Waals surface area contributed by atoms with E-state index in [1.54, 1.807) is 20.8 Å². The third-order valence-corrected chi connectivity index (χ3v) is 9.46. The fourth-order valence-corrected chi connectivity index (χ4v) is 6.94. The normalized spacial score (nSPS) is 21.3.